The number of hydrogen-bond acceptors (Lipinski definition) is 4. The molecule has 0 atom stereocenters. The van der Waals surface area contributed by atoms with Gasteiger partial charge in [0.25, 0.3) is 0 Å². The first-order chi connectivity index (χ1) is 12.2. The van der Waals surface area contributed by atoms with E-state index in [0.717, 1.165) is 57.5 Å². The predicted octanol–water partition coefficient (Wildman–Crippen LogP) is 2.91. The molecule has 0 aromatic rings. The number of nitrogens with one attached hydrogen (secondary N) is 3. The van der Waals surface area contributed by atoms with Gasteiger partial charge in [0, 0.05) is 18.6 Å². The van der Waals surface area contributed by atoms with Crippen LogP contribution in [0.25, 0.3) is 0 Å². The third-order valence-corrected chi connectivity index (χ3v) is 4.95. The minimum absolute atomic E-state index is 0. The highest BCUT2D eigenvalue weighted by molar-refractivity contribution is 14.0. The molecule has 158 valence electrons. The zero-order chi connectivity index (χ0) is 19.2. The predicted molar refractivity (Wildman–Crippen MR) is 119 cm³/mol. The Morgan fingerprint density at radius 1 is 1.15 bits per heavy atom. The number of alkyl carbamates (subject to hydrolysis) is 1. The number of hydrogen-bond donors (Lipinski definition) is 4. The van der Waals surface area contributed by atoms with E-state index in [4.69, 9.17) is 4.74 Å². The standard InChI is InChI=1S/C19H36N4O3.HI/c1-5-20-16(21-13-19(25)11-6-12-19)22-14-7-9-15(10-8-14)23-17(24)26-18(2,3)4;/h14-15,25H,5-13H2,1-4H3,(H,23,24)(H2,20,21,22);1H. The second kappa shape index (κ2) is 10.7. The van der Waals surface area contributed by atoms with E-state index in [0.29, 0.717) is 12.6 Å². The van der Waals surface area contributed by atoms with Crippen molar-refractivity contribution in [3.63, 3.8) is 0 Å². The molecule has 0 unspecified atom stereocenters. The van der Waals surface area contributed by atoms with Crippen LogP contribution < -0.4 is 16.0 Å². The lowest BCUT2D eigenvalue weighted by Crippen LogP contribution is -2.49. The van der Waals surface area contributed by atoms with Crippen LogP contribution in [0.2, 0.25) is 0 Å². The fourth-order valence-electron chi connectivity index (χ4n) is 3.34. The molecule has 2 saturated carbocycles. The molecule has 0 aromatic carbocycles. The van der Waals surface area contributed by atoms with Crippen LogP contribution in [-0.4, -0.2) is 53.5 Å². The van der Waals surface area contributed by atoms with Gasteiger partial charge < -0.3 is 25.8 Å². The zero-order valence-electron chi connectivity index (χ0n) is 17.1. The van der Waals surface area contributed by atoms with Crippen LogP contribution in [0.1, 0.15) is 72.6 Å². The number of halogens is 1. The summed E-state index contributed by atoms with van der Waals surface area (Å²) in [6.45, 7) is 8.90. The fourth-order valence-corrected chi connectivity index (χ4v) is 3.34. The van der Waals surface area contributed by atoms with Crippen molar-refractivity contribution < 1.29 is 14.6 Å². The average molecular weight is 496 g/mol. The Kier molecular flexibility index (Phi) is 9.61. The van der Waals surface area contributed by atoms with Gasteiger partial charge in [-0.15, -0.1) is 24.0 Å². The Bertz CT molecular complexity index is 496. The summed E-state index contributed by atoms with van der Waals surface area (Å²) in [5.74, 6) is 0.774. The summed E-state index contributed by atoms with van der Waals surface area (Å²) in [5.41, 5.74) is -1.07. The molecule has 0 spiro atoms. The van der Waals surface area contributed by atoms with Crippen LogP contribution in [0.4, 0.5) is 4.79 Å². The fraction of sp³-hybridized carbons (Fsp3) is 0.895. The molecule has 1 amide bonds. The molecule has 0 aliphatic heterocycles. The van der Waals surface area contributed by atoms with Gasteiger partial charge in [-0.3, -0.25) is 4.99 Å². The molecule has 0 aromatic heterocycles. The minimum atomic E-state index is -0.600. The quantitative estimate of drug-likeness (QED) is 0.267. The Morgan fingerprint density at radius 2 is 1.70 bits per heavy atom. The maximum atomic E-state index is 11.9. The summed E-state index contributed by atoms with van der Waals surface area (Å²) in [6.07, 6.45) is 6.21. The summed E-state index contributed by atoms with van der Waals surface area (Å²) < 4.78 is 5.33. The first-order valence-electron chi connectivity index (χ1n) is 9.96. The Balaban J connectivity index is 0.00000364. The van der Waals surface area contributed by atoms with E-state index in [1.165, 1.54) is 0 Å². The number of aliphatic hydroxyl groups is 1. The Labute approximate surface area is 180 Å². The van der Waals surface area contributed by atoms with E-state index >= 15 is 0 Å². The third-order valence-electron chi connectivity index (χ3n) is 4.95. The van der Waals surface area contributed by atoms with E-state index in [-0.39, 0.29) is 36.1 Å². The number of nitrogens with zero attached hydrogens (tertiary/aromatic N) is 1. The maximum absolute atomic E-state index is 11.9. The molecule has 2 fully saturated rings. The van der Waals surface area contributed by atoms with E-state index < -0.39 is 11.2 Å². The van der Waals surface area contributed by atoms with Gasteiger partial charge in [-0.05, 0) is 72.6 Å². The van der Waals surface area contributed by atoms with Gasteiger partial charge >= 0.3 is 6.09 Å². The summed E-state index contributed by atoms with van der Waals surface area (Å²) in [7, 11) is 0. The van der Waals surface area contributed by atoms with E-state index in [1.54, 1.807) is 0 Å². The van der Waals surface area contributed by atoms with Crippen molar-refractivity contribution >= 4 is 36.0 Å². The van der Waals surface area contributed by atoms with Crippen molar-refractivity contribution in [2.45, 2.75) is 95.9 Å². The third kappa shape index (κ3) is 8.85. The second-order valence-electron chi connectivity index (χ2n) is 8.61. The first kappa shape index (κ1) is 24.3. The molecule has 0 heterocycles. The summed E-state index contributed by atoms with van der Waals surface area (Å²) >= 11 is 0. The van der Waals surface area contributed by atoms with Crippen molar-refractivity contribution in [3.8, 4) is 0 Å². The number of rotatable bonds is 5. The maximum Gasteiger partial charge on any atom is 0.407 e. The number of carbonyl (C=O) groups is 1. The van der Waals surface area contributed by atoms with Gasteiger partial charge in [0.05, 0.1) is 12.1 Å². The van der Waals surface area contributed by atoms with Gasteiger partial charge in [-0.1, -0.05) is 0 Å². The molecule has 7 nitrogen and oxygen atoms in total. The van der Waals surface area contributed by atoms with E-state index in [1.807, 2.05) is 27.7 Å². The van der Waals surface area contributed by atoms with E-state index in [2.05, 4.69) is 20.9 Å². The number of ether oxygens (including phenoxy) is 1. The lowest BCUT2D eigenvalue weighted by molar-refractivity contribution is -0.0236. The molecule has 2 rings (SSSR count). The van der Waals surface area contributed by atoms with Crippen LogP contribution >= 0.6 is 24.0 Å². The van der Waals surface area contributed by atoms with Crippen LogP contribution in [0.15, 0.2) is 4.99 Å². The van der Waals surface area contributed by atoms with Crippen molar-refractivity contribution in [2.24, 2.45) is 4.99 Å². The van der Waals surface area contributed by atoms with Gasteiger partial charge in [0.1, 0.15) is 5.60 Å². The van der Waals surface area contributed by atoms with Gasteiger partial charge in [0.15, 0.2) is 5.96 Å². The normalized spacial score (nSPS) is 24.9. The largest absolute Gasteiger partial charge is 0.444 e. The molecule has 0 saturated heterocycles. The van der Waals surface area contributed by atoms with Crippen molar-refractivity contribution in [3.05, 3.63) is 0 Å². The second-order valence-corrected chi connectivity index (χ2v) is 8.61. The molecule has 2 aliphatic rings. The van der Waals surface area contributed by atoms with Gasteiger partial charge in [-0.25, -0.2) is 4.79 Å². The number of amides is 1. The molecular weight excluding hydrogens is 459 g/mol. The highest BCUT2D eigenvalue weighted by atomic mass is 127. The minimum Gasteiger partial charge on any atom is -0.444 e. The molecule has 0 radical (unpaired) electrons. The summed E-state index contributed by atoms with van der Waals surface area (Å²) in [6, 6.07) is 0.499. The zero-order valence-corrected chi connectivity index (χ0v) is 19.5. The molecule has 2 aliphatic carbocycles. The Hall–Kier alpha value is -0.770. The SMILES string of the molecule is CCNC(=NCC1(O)CCC1)NC1CCC(NC(=O)OC(C)(C)C)CC1.I. The molecular formula is C19H37IN4O3. The van der Waals surface area contributed by atoms with Gasteiger partial charge in [-0.2, -0.15) is 0 Å². The smallest absolute Gasteiger partial charge is 0.407 e. The van der Waals surface area contributed by atoms with Crippen LogP contribution in [0.5, 0.6) is 0 Å². The number of carbonyl (C=O) groups excluding carboxylic acids is 1. The van der Waals surface area contributed by atoms with Crippen molar-refractivity contribution in [1.29, 1.82) is 0 Å². The van der Waals surface area contributed by atoms with E-state index in [9.17, 15) is 9.90 Å². The molecule has 8 heteroatoms. The molecule has 4 N–H and O–H groups in total. The summed E-state index contributed by atoms with van der Waals surface area (Å²) in [5, 5.41) is 19.9. The summed E-state index contributed by atoms with van der Waals surface area (Å²) in [4.78, 5) is 16.4. The van der Waals surface area contributed by atoms with Crippen LogP contribution in [-0.2, 0) is 4.74 Å². The highest BCUT2D eigenvalue weighted by Crippen LogP contribution is 2.31. The van der Waals surface area contributed by atoms with Crippen LogP contribution in [0.3, 0.4) is 0 Å². The first-order valence-corrected chi connectivity index (χ1v) is 9.96. The lowest BCUT2D eigenvalue weighted by atomic mass is 9.80. The lowest BCUT2D eigenvalue weighted by Gasteiger charge is -2.35. The van der Waals surface area contributed by atoms with Gasteiger partial charge in [0.2, 0.25) is 0 Å². The monoisotopic (exact) mass is 496 g/mol. The molecule has 0 bridgehead atoms. The number of guanidine groups is 1. The van der Waals surface area contributed by atoms with Crippen molar-refractivity contribution in [2.75, 3.05) is 13.1 Å². The topological polar surface area (TPSA) is 95.0 Å². The highest BCUT2D eigenvalue weighted by Gasteiger charge is 2.34. The molecule has 27 heavy (non-hydrogen) atoms. The van der Waals surface area contributed by atoms with Crippen molar-refractivity contribution in [1.82, 2.24) is 16.0 Å². The average Bonchev–Trinajstić information content (AvgIpc) is 2.51. The Morgan fingerprint density at radius 3 is 2.15 bits per heavy atom. The number of aliphatic imine (C=N–C) groups is 1. The van der Waals surface area contributed by atoms with Crippen LogP contribution in [0, 0.1) is 0 Å².